The SMILES string of the molecule is COc1ccc(S(=O)(=O)NCCOCCO)c(OC)c1. The lowest BCUT2D eigenvalue weighted by Crippen LogP contribution is -2.28. The standard InChI is InChI=1S/C12H19NO6S/c1-17-10-3-4-12(11(9-10)18-2)20(15,16)13-5-7-19-8-6-14/h3-4,9,13-14H,5-8H2,1-2H3. The van der Waals surface area contributed by atoms with Crippen molar-refractivity contribution in [3.8, 4) is 11.5 Å². The molecule has 0 atom stereocenters. The zero-order valence-electron chi connectivity index (χ0n) is 11.5. The van der Waals surface area contributed by atoms with Crippen molar-refractivity contribution >= 4 is 10.0 Å². The van der Waals surface area contributed by atoms with E-state index in [2.05, 4.69) is 4.72 Å². The second kappa shape index (κ2) is 8.05. The number of sulfonamides is 1. The van der Waals surface area contributed by atoms with Crippen LogP contribution < -0.4 is 14.2 Å². The summed E-state index contributed by atoms with van der Waals surface area (Å²) in [6.45, 7) is 0.364. The van der Waals surface area contributed by atoms with Crippen LogP contribution in [-0.4, -0.2) is 54.1 Å². The Labute approximate surface area is 118 Å². The fourth-order valence-corrected chi connectivity index (χ4v) is 2.65. The maximum absolute atomic E-state index is 12.1. The molecule has 0 heterocycles. The van der Waals surface area contributed by atoms with Gasteiger partial charge in [-0.2, -0.15) is 0 Å². The topological polar surface area (TPSA) is 94.1 Å². The minimum atomic E-state index is -3.69. The van der Waals surface area contributed by atoms with Crippen LogP contribution in [0, 0.1) is 0 Å². The number of hydrogen-bond acceptors (Lipinski definition) is 6. The van der Waals surface area contributed by atoms with Gasteiger partial charge in [0.25, 0.3) is 0 Å². The Bertz CT molecular complexity index is 517. The van der Waals surface area contributed by atoms with Gasteiger partial charge in [-0.15, -0.1) is 0 Å². The van der Waals surface area contributed by atoms with Crippen molar-refractivity contribution in [3.63, 3.8) is 0 Å². The van der Waals surface area contributed by atoms with Gasteiger partial charge in [-0.3, -0.25) is 0 Å². The van der Waals surface area contributed by atoms with Crippen LogP contribution in [0.4, 0.5) is 0 Å². The average molecular weight is 305 g/mol. The minimum Gasteiger partial charge on any atom is -0.497 e. The lowest BCUT2D eigenvalue weighted by Gasteiger charge is -2.12. The van der Waals surface area contributed by atoms with Gasteiger partial charge in [0.05, 0.1) is 34.0 Å². The van der Waals surface area contributed by atoms with Gasteiger partial charge in [-0.05, 0) is 12.1 Å². The van der Waals surface area contributed by atoms with Crippen LogP contribution in [0.15, 0.2) is 23.1 Å². The maximum atomic E-state index is 12.1. The number of hydrogen-bond donors (Lipinski definition) is 2. The van der Waals surface area contributed by atoms with Crippen molar-refractivity contribution in [2.45, 2.75) is 4.90 Å². The zero-order chi connectivity index (χ0) is 15.0. The summed E-state index contributed by atoms with van der Waals surface area (Å²) in [6.07, 6.45) is 0. The van der Waals surface area contributed by atoms with Crippen LogP contribution in [0.1, 0.15) is 0 Å². The van der Waals surface area contributed by atoms with Gasteiger partial charge in [0, 0.05) is 12.6 Å². The van der Waals surface area contributed by atoms with Gasteiger partial charge in [-0.1, -0.05) is 0 Å². The largest absolute Gasteiger partial charge is 0.497 e. The summed E-state index contributed by atoms with van der Waals surface area (Å²) in [7, 11) is -0.815. The average Bonchev–Trinajstić information content (AvgIpc) is 2.46. The van der Waals surface area contributed by atoms with E-state index in [0.29, 0.717) is 5.75 Å². The molecule has 7 nitrogen and oxygen atoms in total. The summed E-state index contributed by atoms with van der Waals surface area (Å²) in [5.74, 6) is 0.709. The Hall–Kier alpha value is -1.35. The van der Waals surface area contributed by atoms with Crippen LogP contribution in [-0.2, 0) is 14.8 Å². The molecule has 0 bridgehead atoms. The van der Waals surface area contributed by atoms with Crippen LogP contribution in [0.3, 0.4) is 0 Å². The van der Waals surface area contributed by atoms with E-state index in [1.54, 1.807) is 6.07 Å². The molecule has 0 amide bonds. The Morgan fingerprint density at radius 2 is 1.95 bits per heavy atom. The summed E-state index contributed by atoms with van der Waals surface area (Å²) >= 11 is 0. The highest BCUT2D eigenvalue weighted by molar-refractivity contribution is 7.89. The monoisotopic (exact) mass is 305 g/mol. The smallest absolute Gasteiger partial charge is 0.244 e. The lowest BCUT2D eigenvalue weighted by atomic mass is 10.3. The first kappa shape index (κ1) is 16.7. The first-order chi connectivity index (χ1) is 9.55. The number of rotatable bonds is 9. The van der Waals surface area contributed by atoms with E-state index in [4.69, 9.17) is 19.3 Å². The molecule has 0 saturated carbocycles. The molecule has 8 heteroatoms. The van der Waals surface area contributed by atoms with Crippen LogP contribution in [0.25, 0.3) is 0 Å². The predicted molar refractivity (Wildman–Crippen MR) is 72.6 cm³/mol. The fourth-order valence-electron chi connectivity index (χ4n) is 1.49. The van der Waals surface area contributed by atoms with Gasteiger partial charge >= 0.3 is 0 Å². The minimum absolute atomic E-state index is 0.0305. The lowest BCUT2D eigenvalue weighted by molar-refractivity contribution is 0.0961. The molecule has 1 aromatic rings. The van der Waals surface area contributed by atoms with E-state index in [-0.39, 0.29) is 37.0 Å². The summed E-state index contributed by atoms with van der Waals surface area (Å²) in [5.41, 5.74) is 0. The zero-order valence-corrected chi connectivity index (χ0v) is 12.3. The molecule has 0 radical (unpaired) electrons. The molecule has 0 fully saturated rings. The molecule has 114 valence electrons. The summed E-state index contributed by atoms with van der Waals surface area (Å²) in [4.78, 5) is 0.0305. The number of nitrogens with one attached hydrogen (secondary N) is 1. The Kier molecular flexibility index (Phi) is 6.73. The van der Waals surface area contributed by atoms with E-state index in [0.717, 1.165) is 0 Å². The van der Waals surface area contributed by atoms with E-state index >= 15 is 0 Å². The quantitative estimate of drug-likeness (QED) is 0.623. The van der Waals surface area contributed by atoms with Gasteiger partial charge in [0.2, 0.25) is 10.0 Å². The van der Waals surface area contributed by atoms with Crippen molar-refractivity contribution in [1.29, 1.82) is 0 Å². The number of aliphatic hydroxyl groups is 1. The molecule has 0 unspecified atom stereocenters. The molecule has 1 rings (SSSR count). The van der Waals surface area contributed by atoms with Crippen molar-refractivity contribution in [3.05, 3.63) is 18.2 Å². The van der Waals surface area contributed by atoms with E-state index < -0.39 is 10.0 Å². The molecule has 1 aromatic carbocycles. The van der Waals surface area contributed by atoms with Gasteiger partial charge in [0.15, 0.2) is 0 Å². The summed E-state index contributed by atoms with van der Waals surface area (Å²) < 4.78 is 41.7. The number of aliphatic hydroxyl groups excluding tert-OH is 1. The van der Waals surface area contributed by atoms with Crippen molar-refractivity contribution in [2.75, 3.05) is 40.6 Å². The second-order valence-corrected chi connectivity index (χ2v) is 5.49. The van der Waals surface area contributed by atoms with Crippen LogP contribution >= 0.6 is 0 Å². The highest BCUT2D eigenvalue weighted by Gasteiger charge is 2.19. The molecule has 2 N–H and O–H groups in total. The third-order valence-corrected chi connectivity index (χ3v) is 3.93. The van der Waals surface area contributed by atoms with Gasteiger partial charge in [-0.25, -0.2) is 13.1 Å². The van der Waals surface area contributed by atoms with E-state index in [1.165, 1.54) is 26.4 Å². The molecule has 0 spiro atoms. The molecule has 0 aliphatic carbocycles. The third-order valence-electron chi connectivity index (χ3n) is 2.43. The molecule has 0 aromatic heterocycles. The summed E-state index contributed by atoms with van der Waals surface area (Å²) in [6, 6.07) is 4.45. The highest BCUT2D eigenvalue weighted by Crippen LogP contribution is 2.27. The molecular weight excluding hydrogens is 286 g/mol. The first-order valence-electron chi connectivity index (χ1n) is 5.95. The van der Waals surface area contributed by atoms with Crippen molar-refractivity contribution in [2.24, 2.45) is 0 Å². The Morgan fingerprint density at radius 3 is 2.55 bits per heavy atom. The number of ether oxygens (including phenoxy) is 3. The number of methoxy groups -OCH3 is 2. The molecular formula is C12H19NO6S. The van der Waals surface area contributed by atoms with Crippen LogP contribution in [0.5, 0.6) is 11.5 Å². The normalized spacial score (nSPS) is 11.3. The molecule has 0 aliphatic rings. The molecule has 0 saturated heterocycles. The Balaban J connectivity index is 2.76. The number of benzene rings is 1. The van der Waals surface area contributed by atoms with Gasteiger partial charge in [0.1, 0.15) is 16.4 Å². The molecule has 0 aliphatic heterocycles. The van der Waals surface area contributed by atoms with Crippen LogP contribution in [0.2, 0.25) is 0 Å². The molecule has 20 heavy (non-hydrogen) atoms. The first-order valence-corrected chi connectivity index (χ1v) is 7.43. The second-order valence-electron chi connectivity index (χ2n) is 3.75. The Morgan fingerprint density at radius 1 is 1.20 bits per heavy atom. The van der Waals surface area contributed by atoms with E-state index in [1.807, 2.05) is 0 Å². The summed E-state index contributed by atoms with van der Waals surface area (Å²) in [5, 5.41) is 8.53. The highest BCUT2D eigenvalue weighted by atomic mass is 32.2. The van der Waals surface area contributed by atoms with Crippen molar-refractivity contribution < 1.29 is 27.7 Å². The predicted octanol–water partition coefficient (Wildman–Crippen LogP) is -0.00900. The van der Waals surface area contributed by atoms with E-state index in [9.17, 15) is 8.42 Å². The van der Waals surface area contributed by atoms with Crippen molar-refractivity contribution in [1.82, 2.24) is 4.72 Å². The van der Waals surface area contributed by atoms with Gasteiger partial charge < -0.3 is 19.3 Å². The fraction of sp³-hybridized carbons (Fsp3) is 0.500. The third kappa shape index (κ3) is 4.64. The maximum Gasteiger partial charge on any atom is 0.244 e.